The fourth-order valence-electron chi connectivity index (χ4n) is 2.43. The quantitative estimate of drug-likeness (QED) is 0.761. The second-order valence-corrected chi connectivity index (χ2v) is 6.69. The van der Waals surface area contributed by atoms with E-state index in [2.05, 4.69) is 28.9 Å². The molecule has 3 nitrogen and oxygen atoms in total. The Morgan fingerprint density at radius 3 is 2.57 bits per heavy atom. The Bertz CT molecular complexity index is 719. The largest absolute Gasteiger partial charge is 0.497 e. The van der Waals surface area contributed by atoms with Crippen molar-refractivity contribution in [2.24, 2.45) is 0 Å². The molecule has 1 unspecified atom stereocenters. The Morgan fingerprint density at radius 2 is 1.90 bits per heavy atom. The summed E-state index contributed by atoms with van der Waals surface area (Å²) in [6, 6.07) is 10.5. The third kappa shape index (κ3) is 2.64. The molecule has 0 spiro atoms. The van der Waals surface area contributed by atoms with Crippen molar-refractivity contribution in [3.05, 3.63) is 46.2 Å². The van der Waals surface area contributed by atoms with Gasteiger partial charge in [-0.05, 0) is 36.7 Å². The molecule has 0 fully saturated rings. The van der Waals surface area contributed by atoms with Gasteiger partial charge in [-0.2, -0.15) is 0 Å². The summed E-state index contributed by atoms with van der Waals surface area (Å²) < 4.78 is 13.5. The van der Waals surface area contributed by atoms with Gasteiger partial charge in [0.1, 0.15) is 11.5 Å². The van der Waals surface area contributed by atoms with E-state index in [1.54, 1.807) is 25.6 Å². The lowest BCUT2D eigenvalue weighted by atomic mass is 10.0. The van der Waals surface area contributed by atoms with Gasteiger partial charge in [0.2, 0.25) is 0 Å². The molecule has 5 heteroatoms. The Balaban J connectivity index is 2.05. The molecule has 0 saturated heterocycles. The summed E-state index contributed by atoms with van der Waals surface area (Å²) >= 11 is 3.60. The first kappa shape index (κ1) is 14.4. The average molecular weight is 319 g/mol. The van der Waals surface area contributed by atoms with Crippen LogP contribution in [0.1, 0.15) is 16.5 Å². The van der Waals surface area contributed by atoms with E-state index in [-0.39, 0.29) is 6.04 Å². The average Bonchev–Trinajstić information content (AvgIpc) is 3.10. The smallest absolute Gasteiger partial charge is 0.127 e. The van der Waals surface area contributed by atoms with E-state index in [0.717, 1.165) is 17.1 Å². The molecule has 0 radical (unpaired) electrons. The Kier molecular flexibility index (Phi) is 4.14. The lowest BCUT2D eigenvalue weighted by Crippen LogP contribution is -2.17. The standard InChI is InChI=1S/C16H17NO2S2/c1-17-16(15-9-14-13(21-15)6-7-20-14)11-5-4-10(18-2)8-12(11)19-3/h4-9,16-17H,1-3H3. The first-order chi connectivity index (χ1) is 10.3. The Labute approximate surface area is 132 Å². The van der Waals surface area contributed by atoms with Crippen LogP contribution in [0.2, 0.25) is 0 Å². The molecule has 1 aromatic carbocycles. The van der Waals surface area contributed by atoms with Crippen molar-refractivity contribution < 1.29 is 9.47 Å². The monoisotopic (exact) mass is 319 g/mol. The molecule has 3 aromatic rings. The van der Waals surface area contributed by atoms with Crippen LogP contribution in [0.15, 0.2) is 35.7 Å². The second-order valence-electron chi connectivity index (χ2n) is 4.63. The highest BCUT2D eigenvalue weighted by Crippen LogP contribution is 2.39. The van der Waals surface area contributed by atoms with Crippen LogP contribution in [0.4, 0.5) is 0 Å². The van der Waals surface area contributed by atoms with Gasteiger partial charge in [0.15, 0.2) is 0 Å². The van der Waals surface area contributed by atoms with Crippen molar-refractivity contribution in [2.45, 2.75) is 6.04 Å². The topological polar surface area (TPSA) is 30.5 Å². The van der Waals surface area contributed by atoms with Crippen molar-refractivity contribution in [1.82, 2.24) is 5.32 Å². The van der Waals surface area contributed by atoms with Gasteiger partial charge in [0, 0.05) is 25.9 Å². The first-order valence-corrected chi connectivity index (χ1v) is 8.32. The summed E-state index contributed by atoms with van der Waals surface area (Å²) in [7, 11) is 5.33. The fraction of sp³-hybridized carbons (Fsp3) is 0.250. The van der Waals surface area contributed by atoms with Gasteiger partial charge in [-0.3, -0.25) is 0 Å². The lowest BCUT2D eigenvalue weighted by molar-refractivity contribution is 0.388. The number of ether oxygens (including phenoxy) is 2. The van der Waals surface area contributed by atoms with Crippen LogP contribution in [-0.4, -0.2) is 21.3 Å². The zero-order valence-electron chi connectivity index (χ0n) is 12.2. The summed E-state index contributed by atoms with van der Waals surface area (Å²) in [5, 5.41) is 5.52. The third-order valence-electron chi connectivity index (χ3n) is 3.48. The van der Waals surface area contributed by atoms with Gasteiger partial charge in [0.05, 0.1) is 20.3 Å². The predicted molar refractivity (Wildman–Crippen MR) is 90.2 cm³/mol. The van der Waals surface area contributed by atoms with Crippen molar-refractivity contribution in [3.63, 3.8) is 0 Å². The molecule has 0 bridgehead atoms. The van der Waals surface area contributed by atoms with Crippen LogP contribution in [0.25, 0.3) is 9.40 Å². The van der Waals surface area contributed by atoms with Crippen LogP contribution < -0.4 is 14.8 Å². The minimum Gasteiger partial charge on any atom is -0.497 e. The first-order valence-electron chi connectivity index (χ1n) is 6.63. The van der Waals surface area contributed by atoms with E-state index >= 15 is 0 Å². The molecule has 1 atom stereocenters. The second kappa shape index (κ2) is 6.05. The molecular weight excluding hydrogens is 302 g/mol. The molecule has 0 amide bonds. The number of hydrogen-bond donors (Lipinski definition) is 1. The van der Waals surface area contributed by atoms with Crippen LogP contribution in [0.5, 0.6) is 11.5 Å². The summed E-state index contributed by atoms with van der Waals surface area (Å²) in [5.74, 6) is 1.64. The molecule has 3 rings (SSSR count). The van der Waals surface area contributed by atoms with Crippen LogP contribution in [-0.2, 0) is 0 Å². The van der Waals surface area contributed by atoms with Crippen molar-refractivity contribution in [1.29, 1.82) is 0 Å². The number of nitrogens with one attached hydrogen (secondary N) is 1. The van der Waals surface area contributed by atoms with Crippen molar-refractivity contribution >= 4 is 32.1 Å². The molecule has 21 heavy (non-hydrogen) atoms. The number of rotatable bonds is 5. The van der Waals surface area contributed by atoms with Gasteiger partial charge in [-0.15, -0.1) is 22.7 Å². The van der Waals surface area contributed by atoms with Crippen molar-refractivity contribution in [3.8, 4) is 11.5 Å². The molecule has 110 valence electrons. The molecule has 0 aliphatic heterocycles. The number of benzene rings is 1. The number of fused-ring (bicyclic) bond motifs is 1. The number of hydrogen-bond acceptors (Lipinski definition) is 5. The van der Waals surface area contributed by atoms with E-state index in [1.165, 1.54) is 14.3 Å². The molecule has 2 heterocycles. The maximum Gasteiger partial charge on any atom is 0.127 e. The van der Waals surface area contributed by atoms with Gasteiger partial charge in [-0.25, -0.2) is 0 Å². The minimum absolute atomic E-state index is 0.121. The SMILES string of the molecule is CNC(c1cc2sccc2s1)c1ccc(OC)cc1OC. The van der Waals surface area contributed by atoms with Gasteiger partial charge in [0.25, 0.3) is 0 Å². The van der Waals surface area contributed by atoms with Crippen LogP contribution in [0.3, 0.4) is 0 Å². The van der Waals surface area contributed by atoms with E-state index in [4.69, 9.17) is 9.47 Å². The Morgan fingerprint density at radius 1 is 1.05 bits per heavy atom. The van der Waals surface area contributed by atoms with Crippen molar-refractivity contribution in [2.75, 3.05) is 21.3 Å². The Hall–Kier alpha value is -1.56. The van der Waals surface area contributed by atoms with E-state index in [1.807, 2.05) is 30.5 Å². The number of methoxy groups -OCH3 is 2. The molecular formula is C16H17NO2S2. The fourth-order valence-corrected chi connectivity index (χ4v) is 4.68. The third-order valence-corrected chi connectivity index (χ3v) is 5.64. The highest BCUT2D eigenvalue weighted by atomic mass is 32.1. The van der Waals surface area contributed by atoms with E-state index in [0.29, 0.717) is 0 Å². The molecule has 0 saturated carbocycles. The maximum absolute atomic E-state index is 5.53. The number of thiophene rings is 2. The molecule has 0 aliphatic carbocycles. The normalized spacial score (nSPS) is 12.5. The van der Waals surface area contributed by atoms with E-state index in [9.17, 15) is 0 Å². The van der Waals surface area contributed by atoms with Gasteiger partial charge in [-0.1, -0.05) is 0 Å². The summed E-state index contributed by atoms with van der Waals surface area (Å²) in [6.07, 6.45) is 0. The minimum atomic E-state index is 0.121. The highest BCUT2D eigenvalue weighted by molar-refractivity contribution is 7.27. The molecule has 2 aromatic heterocycles. The summed E-state index contributed by atoms with van der Waals surface area (Å²) in [4.78, 5) is 1.29. The molecule has 1 N–H and O–H groups in total. The lowest BCUT2D eigenvalue weighted by Gasteiger charge is -2.18. The highest BCUT2D eigenvalue weighted by Gasteiger charge is 2.19. The maximum atomic E-state index is 5.53. The van der Waals surface area contributed by atoms with Gasteiger partial charge >= 0.3 is 0 Å². The van der Waals surface area contributed by atoms with Crippen LogP contribution in [0, 0.1) is 0 Å². The van der Waals surface area contributed by atoms with Crippen LogP contribution >= 0.6 is 22.7 Å². The summed E-state index contributed by atoms with van der Waals surface area (Å²) in [6.45, 7) is 0. The zero-order valence-corrected chi connectivity index (χ0v) is 13.8. The zero-order chi connectivity index (χ0) is 14.8. The van der Waals surface area contributed by atoms with E-state index < -0.39 is 0 Å². The molecule has 0 aliphatic rings. The summed E-state index contributed by atoms with van der Waals surface area (Å²) in [5.41, 5.74) is 1.12. The predicted octanol–water partition coefficient (Wildman–Crippen LogP) is 4.29. The van der Waals surface area contributed by atoms with Gasteiger partial charge < -0.3 is 14.8 Å².